The third-order valence-electron chi connectivity index (χ3n) is 1.96. The highest BCUT2D eigenvalue weighted by Crippen LogP contribution is 2.21. The Hall–Kier alpha value is -1.25. The van der Waals surface area contributed by atoms with Crippen LogP contribution in [0.4, 0.5) is 14.5 Å². The monoisotopic (exact) mass is 266 g/mol. The third kappa shape index (κ3) is 3.91. The van der Waals surface area contributed by atoms with E-state index < -0.39 is 29.1 Å². The number of sulfonamides is 1. The predicted octanol–water partition coefficient (Wildman–Crippen LogP) is 0.373. The highest BCUT2D eigenvalue weighted by Gasteiger charge is 2.28. The summed E-state index contributed by atoms with van der Waals surface area (Å²) in [5.41, 5.74) is -0.0249. The third-order valence-corrected chi connectivity index (χ3v) is 2.93. The molecule has 0 saturated carbocycles. The van der Waals surface area contributed by atoms with Crippen LogP contribution in [0.3, 0.4) is 0 Å². The second kappa shape index (κ2) is 4.94. The number of hydrogen-bond acceptors (Lipinski definition) is 4. The van der Waals surface area contributed by atoms with Gasteiger partial charge in [-0.3, -0.25) is 0 Å². The van der Waals surface area contributed by atoms with E-state index in [1.165, 1.54) is 24.3 Å². The molecule has 0 bridgehead atoms. The topological polar surface area (TPSA) is 92.4 Å². The molecule has 5 nitrogen and oxygen atoms in total. The normalized spacial score (nSPS) is 12.5. The van der Waals surface area contributed by atoms with Gasteiger partial charge in [0.1, 0.15) is 11.5 Å². The Kier molecular flexibility index (Phi) is 4.02. The highest BCUT2D eigenvalue weighted by atomic mass is 32.2. The van der Waals surface area contributed by atoms with Gasteiger partial charge in [-0.1, -0.05) is 12.1 Å². The predicted molar refractivity (Wildman–Crippen MR) is 58.3 cm³/mol. The Labute approximate surface area is 97.3 Å². The van der Waals surface area contributed by atoms with E-state index in [4.69, 9.17) is 10.2 Å². The van der Waals surface area contributed by atoms with E-state index in [9.17, 15) is 17.2 Å². The molecule has 0 aliphatic carbocycles. The zero-order chi connectivity index (χ0) is 13.1. The van der Waals surface area contributed by atoms with Gasteiger partial charge in [0, 0.05) is 0 Å². The molecule has 0 aliphatic rings. The van der Waals surface area contributed by atoms with E-state index >= 15 is 0 Å². The van der Waals surface area contributed by atoms with Gasteiger partial charge in [0.15, 0.2) is 0 Å². The summed E-state index contributed by atoms with van der Waals surface area (Å²) in [5.74, 6) is -3.33. The van der Waals surface area contributed by atoms with Crippen molar-refractivity contribution >= 4 is 15.7 Å². The van der Waals surface area contributed by atoms with Gasteiger partial charge < -0.3 is 10.4 Å². The van der Waals surface area contributed by atoms with E-state index in [0.29, 0.717) is 0 Å². The summed E-state index contributed by atoms with van der Waals surface area (Å²) < 4.78 is 47.8. The van der Waals surface area contributed by atoms with Crippen molar-refractivity contribution in [2.75, 3.05) is 18.5 Å². The molecule has 0 aliphatic heterocycles. The fourth-order valence-corrected chi connectivity index (χ4v) is 1.86. The summed E-state index contributed by atoms with van der Waals surface area (Å²) in [6.45, 7) is -2.20. The fourth-order valence-electron chi connectivity index (χ4n) is 1.14. The van der Waals surface area contributed by atoms with E-state index in [1.807, 2.05) is 0 Å². The number of halogens is 2. The summed E-state index contributed by atoms with van der Waals surface area (Å²) in [6.07, 6.45) is 0. The summed E-state index contributed by atoms with van der Waals surface area (Å²) in [5, 5.41) is 15.5. The van der Waals surface area contributed by atoms with Crippen LogP contribution in [-0.2, 0) is 10.0 Å². The van der Waals surface area contributed by atoms with E-state index in [2.05, 4.69) is 5.32 Å². The number of anilines is 1. The average molecular weight is 266 g/mol. The number of nitrogens with two attached hydrogens (primary N) is 1. The Bertz CT molecular complexity index is 491. The van der Waals surface area contributed by atoms with Gasteiger partial charge in [-0.15, -0.1) is 0 Å². The van der Waals surface area contributed by atoms with Gasteiger partial charge in [0.25, 0.3) is 5.92 Å². The zero-order valence-corrected chi connectivity index (χ0v) is 9.55. The number of aliphatic hydroxyl groups excluding tert-OH is 1. The molecular weight excluding hydrogens is 254 g/mol. The summed E-state index contributed by atoms with van der Waals surface area (Å²) in [6, 6.07) is 5.42. The molecule has 0 spiro atoms. The van der Waals surface area contributed by atoms with Crippen molar-refractivity contribution in [3.05, 3.63) is 24.3 Å². The summed E-state index contributed by atoms with van der Waals surface area (Å²) in [7, 11) is -3.98. The number of primary sulfonamides is 1. The van der Waals surface area contributed by atoms with Gasteiger partial charge in [0.05, 0.1) is 12.2 Å². The first-order chi connectivity index (χ1) is 7.76. The maximum absolute atomic E-state index is 12.8. The van der Waals surface area contributed by atoms with Gasteiger partial charge >= 0.3 is 0 Å². The van der Waals surface area contributed by atoms with Crippen LogP contribution in [-0.4, -0.2) is 32.6 Å². The van der Waals surface area contributed by atoms with Gasteiger partial charge in [0.2, 0.25) is 10.0 Å². The lowest BCUT2D eigenvalue weighted by Gasteiger charge is -2.16. The van der Waals surface area contributed by atoms with Gasteiger partial charge in [-0.05, 0) is 12.1 Å². The fraction of sp³-hybridized carbons (Fsp3) is 0.333. The maximum atomic E-state index is 12.8. The van der Waals surface area contributed by atoms with Crippen LogP contribution in [0.1, 0.15) is 0 Å². The highest BCUT2D eigenvalue weighted by molar-refractivity contribution is 7.89. The molecule has 1 rings (SSSR count). The minimum atomic E-state index is -3.98. The van der Waals surface area contributed by atoms with Crippen molar-refractivity contribution in [1.29, 1.82) is 0 Å². The van der Waals surface area contributed by atoms with Crippen LogP contribution in [0, 0.1) is 0 Å². The minimum Gasteiger partial charge on any atom is -0.390 e. The lowest BCUT2D eigenvalue weighted by Crippen LogP contribution is -2.31. The lowest BCUT2D eigenvalue weighted by atomic mass is 10.3. The van der Waals surface area contributed by atoms with Crippen LogP contribution in [0.25, 0.3) is 0 Å². The summed E-state index contributed by atoms with van der Waals surface area (Å²) in [4.78, 5) is -0.270. The number of benzene rings is 1. The maximum Gasteiger partial charge on any atom is 0.287 e. The number of rotatable bonds is 5. The van der Waals surface area contributed by atoms with Crippen LogP contribution in [0.15, 0.2) is 29.2 Å². The standard InChI is InChI=1S/C9H12F2N2O3S/c10-9(11,6-14)5-13-7-3-1-2-4-8(7)17(12,15)16/h1-4,13-14H,5-6H2,(H2,12,15,16). The number of aliphatic hydroxyl groups is 1. The molecule has 8 heteroatoms. The molecule has 4 N–H and O–H groups in total. The van der Waals surface area contributed by atoms with E-state index in [0.717, 1.165) is 0 Å². The SMILES string of the molecule is NS(=O)(=O)c1ccccc1NCC(F)(F)CO. The van der Waals surface area contributed by atoms with Crippen LogP contribution in [0.5, 0.6) is 0 Å². The largest absolute Gasteiger partial charge is 0.390 e. The van der Waals surface area contributed by atoms with Crippen molar-refractivity contribution in [2.24, 2.45) is 5.14 Å². The Morgan fingerprint density at radius 2 is 1.94 bits per heavy atom. The van der Waals surface area contributed by atoms with Crippen LogP contribution >= 0.6 is 0 Å². The molecule has 0 atom stereocenters. The van der Waals surface area contributed by atoms with Gasteiger partial charge in [-0.25, -0.2) is 22.3 Å². The summed E-state index contributed by atoms with van der Waals surface area (Å²) >= 11 is 0. The molecule has 0 heterocycles. The molecule has 0 unspecified atom stereocenters. The Balaban J connectivity index is 2.93. The molecule has 17 heavy (non-hydrogen) atoms. The van der Waals surface area contributed by atoms with Crippen molar-refractivity contribution in [2.45, 2.75) is 10.8 Å². The van der Waals surface area contributed by atoms with Crippen molar-refractivity contribution in [3.63, 3.8) is 0 Å². The smallest absolute Gasteiger partial charge is 0.287 e. The molecule has 0 radical (unpaired) electrons. The van der Waals surface area contributed by atoms with E-state index in [1.54, 1.807) is 0 Å². The van der Waals surface area contributed by atoms with Crippen molar-refractivity contribution in [1.82, 2.24) is 0 Å². The molecular formula is C9H12F2N2O3S. The Morgan fingerprint density at radius 1 is 1.35 bits per heavy atom. The number of para-hydroxylation sites is 1. The lowest BCUT2D eigenvalue weighted by molar-refractivity contribution is -0.0373. The number of nitrogens with one attached hydrogen (secondary N) is 1. The average Bonchev–Trinajstić information content (AvgIpc) is 2.26. The molecule has 1 aromatic rings. The first kappa shape index (κ1) is 13.8. The molecule has 0 saturated heterocycles. The number of hydrogen-bond donors (Lipinski definition) is 3. The zero-order valence-electron chi connectivity index (χ0n) is 8.73. The van der Waals surface area contributed by atoms with Crippen LogP contribution < -0.4 is 10.5 Å². The Morgan fingerprint density at radius 3 is 2.47 bits per heavy atom. The van der Waals surface area contributed by atoms with Crippen LogP contribution in [0.2, 0.25) is 0 Å². The van der Waals surface area contributed by atoms with Crippen molar-refractivity contribution < 1.29 is 22.3 Å². The number of alkyl halides is 2. The molecule has 1 aromatic carbocycles. The first-order valence-electron chi connectivity index (χ1n) is 4.61. The van der Waals surface area contributed by atoms with E-state index in [-0.39, 0.29) is 10.6 Å². The first-order valence-corrected chi connectivity index (χ1v) is 6.15. The minimum absolute atomic E-state index is 0.0249. The van der Waals surface area contributed by atoms with Crippen molar-refractivity contribution in [3.8, 4) is 0 Å². The molecule has 96 valence electrons. The quantitative estimate of drug-likeness (QED) is 0.718. The molecule has 0 fully saturated rings. The molecule has 0 aromatic heterocycles. The second-order valence-corrected chi connectivity index (χ2v) is 4.94. The van der Waals surface area contributed by atoms with Gasteiger partial charge in [-0.2, -0.15) is 0 Å². The molecule has 0 amide bonds. The second-order valence-electron chi connectivity index (χ2n) is 3.41.